The second-order valence-electron chi connectivity index (χ2n) is 5.07. The molecule has 1 aromatic rings. The average Bonchev–Trinajstić information content (AvgIpc) is 3.29. The molecular formula is C16H19BrN2O2. The molecule has 1 aliphatic carbocycles. The van der Waals surface area contributed by atoms with Crippen LogP contribution < -0.4 is 15.4 Å². The van der Waals surface area contributed by atoms with Gasteiger partial charge in [-0.05, 0) is 41.8 Å². The van der Waals surface area contributed by atoms with E-state index in [-0.39, 0.29) is 12.5 Å². The summed E-state index contributed by atoms with van der Waals surface area (Å²) in [4.78, 5) is 11.8. The van der Waals surface area contributed by atoms with Crippen LogP contribution in [0.1, 0.15) is 25.3 Å². The van der Waals surface area contributed by atoms with Gasteiger partial charge in [-0.15, -0.1) is 6.42 Å². The van der Waals surface area contributed by atoms with Crippen LogP contribution in [0.4, 0.5) is 0 Å². The lowest BCUT2D eigenvalue weighted by Crippen LogP contribution is -2.36. The van der Waals surface area contributed by atoms with Gasteiger partial charge in [-0.25, -0.2) is 0 Å². The third kappa shape index (κ3) is 4.76. The number of carbonyl (C=O) groups excluding carboxylic acids is 1. The van der Waals surface area contributed by atoms with Gasteiger partial charge in [-0.3, -0.25) is 4.79 Å². The van der Waals surface area contributed by atoms with Gasteiger partial charge in [0.15, 0.2) is 6.10 Å². The average molecular weight is 351 g/mol. The summed E-state index contributed by atoms with van der Waals surface area (Å²) in [5.74, 6) is 2.86. The fourth-order valence-electron chi connectivity index (χ4n) is 1.88. The van der Waals surface area contributed by atoms with Gasteiger partial charge in [-0.1, -0.05) is 18.1 Å². The monoisotopic (exact) mass is 350 g/mol. The van der Waals surface area contributed by atoms with Crippen molar-refractivity contribution in [2.45, 2.75) is 38.5 Å². The van der Waals surface area contributed by atoms with E-state index < -0.39 is 6.10 Å². The van der Waals surface area contributed by atoms with E-state index in [1.54, 1.807) is 6.92 Å². The Balaban J connectivity index is 2.02. The molecule has 0 heterocycles. The number of halogens is 1. The lowest BCUT2D eigenvalue weighted by molar-refractivity contribution is -0.127. The third-order valence-electron chi connectivity index (χ3n) is 3.24. The minimum atomic E-state index is -0.600. The van der Waals surface area contributed by atoms with Crippen LogP contribution >= 0.6 is 15.9 Å². The van der Waals surface area contributed by atoms with Crippen molar-refractivity contribution < 1.29 is 9.53 Å². The second-order valence-corrected chi connectivity index (χ2v) is 5.92. The minimum absolute atomic E-state index is 0.207. The summed E-state index contributed by atoms with van der Waals surface area (Å²) in [7, 11) is 0. The number of ether oxygens (including phenoxy) is 1. The smallest absolute Gasteiger partial charge is 0.261 e. The van der Waals surface area contributed by atoms with Crippen LogP contribution in [0.15, 0.2) is 22.7 Å². The van der Waals surface area contributed by atoms with Gasteiger partial charge >= 0.3 is 0 Å². The van der Waals surface area contributed by atoms with Crippen LogP contribution in [-0.2, 0) is 11.3 Å². The molecular weight excluding hydrogens is 332 g/mol. The maximum Gasteiger partial charge on any atom is 0.261 e. The first-order valence-corrected chi connectivity index (χ1v) is 7.79. The summed E-state index contributed by atoms with van der Waals surface area (Å²) < 4.78 is 6.66. The number of para-hydroxylation sites is 1. The molecule has 0 spiro atoms. The Hall–Kier alpha value is -1.51. The number of hydrogen-bond donors (Lipinski definition) is 2. The predicted octanol–water partition coefficient (Wildman–Crippen LogP) is 2.22. The predicted molar refractivity (Wildman–Crippen MR) is 85.9 cm³/mol. The first-order valence-electron chi connectivity index (χ1n) is 7.00. The highest BCUT2D eigenvalue weighted by molar-refractivity contribution is 9.10. The van der Waals surface area contributed by atoms with Crippen molar-refractivity contribution in [3.05, 3.63) is 28.2 Å². The lowest BCUT2D eigenvalue weighted by atomic mass is 10.2. The summed E-state index contributed by atoms with van der Waals surface area (Å²) in [6.45, 7) is 2.65. The van der Waals surface area contributed by atoms with Crippen molar-refractivity contribution in [1.82, 2.24) is 10.6 Å². The number of rotatable bonds is 7. The third-order valence-corrected chi connectivity index (χ3v) is 3.86. The Kier molecular flexibility index (Phi) is 5.66. The van der Waals surface area contributed by atoms with E-state index in [9.17, 15) is 4.79 Å². The van der Waals surface area contributed by atoms with Crippen molar-refractivity contribution in [2.75, 3.05) is 6.54 Å². The Morgan fingerprint density at radius 2 is 2.33 bits per heavy atom. The van der Waals surface area contributed by atoms with Gasteiger partial charge in [0.2, 0.25) is 0 Å². The normalized spacial score (nSPS) is 15.1. The zero-order valence-electron chi connectivity index (χ0n) is 12.0. The topological polar surface area (TPSA) is 50.4 Å². The molecule has 1 atom stereocenters. The van der Waals surface area contributed by atoms with E-state index in [0.717, 1.165) is 16.6 Å². The molecule has 5 heteroatoms. The van der Waals surface area contributed by atoms with Crippen molar-refractivity contribution in [2.24, 2.45) is 0 Å². The van der Waals surface area contributed by atoms with E-state index >= 15 is 0 Å². The molecule has 0 aliphatic heterocycles. The van der Waals surface area contributed by atoms with Crippen LogP contribution in [0.2, 0.25) is 0 Å². The molecule has 0 aromatic heterocycles. The molecule has 1 aromatic carbocycles. The van der Waals surface area contributed by atoms with E-state index in [1.807, 2.05) is 18.2 Å². The Labute approximate surface area is 133 Å². The highest BCUT2D eigenvalue weighted by Gasteiger charge is 2.22. The number of nitrogens with one attached hydrogen (secondary N) is 2. The van der Waals surface area contributed by atoms with Gasteiger partial charge in [0.25, 0.3) is 5.91 Å². The molecule has 1 unspecified atom stereocenters. The lowest BCUT2D eigenvalue weighted by Gasteiger charge is -2.18. The van der Waals surface area contributed by atoms with Crippen molar-refractivity contribution in [3.63, 3.8) is 0 Å². The van der Waals surface area contributed by atoms with Crippen LogP contribution in [0, 0.1) is 12.3 Å². The molecule has 112 valence electrons. The maximum atomic E-state index is 11.8. The molecule has 1 aliphatic rings. The van der Waals surface area contributed by atoms with Crippen LogP contribution in [0.25, 0.3) is 0 Å². The SMILES string of the molecule is C#CCNC(=O)C(C)Oc1c(Br)cccc1CNC1CC1. The van der Waals surface area contributed by atoms with Crippen molar-refractivity contribution in [3.8, 4) is 18.1 Å². The van der Waals surface area contributed by atoms with Crippen LogP contribution in [0.3, 0.4) is 0 Å². The fraction of sp³-hybridized carbons (Fsp3) is 0.438. The van der Waals surface area contributed by atoms with E-state index in [0.29, 0.717) is 11.8 Å². The molecule has 0 radical (unpaired) electrons. The number of hydrogen-bond acceptors (Lipinski definition) is 3. The van der Waals surface area contributed by atoms with Crippen LogP contribution in [0.5, 0.6) is 5.75 Å². The molecule has 1 fully saturated rings. The largest absolute Gasteiger partial charge is 0.479 e. The number of carbonyl (C=O) groups is 1. The molecule has 0 saturated heterocycles. The molecule has 2 rings (SSSR count). The highest BCUT2D eigenvalue weighted by atomic mass is 79.9. The van der Waals surface area contributed by atoms with E-state index in [4.69, 9.17) is 11.2 Å². The van der Waals surface area contributed by atoms with Gasteiger partial charge < -0.3 is 15.4 Å². The first-order chi connectivity index (χ1) is 10.1. The van der Waals surface area contributed by atoms with Gasteiger partial charge in [0.1, 0.15) is 5.75 Å². The van der Waals surface area contributed by atoms with E-state index in [1.165, 1.54) is 12.8 Å². The number of benzene rings is 1. The Morgan fingerprint density at radius 3 is 3.00 bits per heavy atom. The molecule has 1 saturated carbocycles. The quantitative estimate of drug-likeness (QED) is 0.741. The van der Waals surface area contributed by atoms with Gasteiger partial charge in [0, 0.05) is 18.2 Å². The highest BCUT2D eigenvalue weighted by Crippen LogP contribution is 2.31. The van der Waals surface area contributed by atoms with Gasteiger partial charge in [0.05, 0.1) is 11.0 Å². The van der Waals surface area contributed by atoms with Gasteiger partial charge in [-0.2, -0.15) is 0 Å². The number of terminal acetylenes is 1. The fourth-order valence-corrected chi connectivity index (χ4v) is 2.38. The molecule has 0 bridgehead atoms. The molecule has 2 N–H and O–H groups in total. The Morgan fingerprint density at radius 1 is 1.57 bits per heavy atom. The molecule has 21 heavy (non-hydrogen) atoms. The number of amides is 1. The molecule has 1 amide bonds. The summed E-state index contributed by atoms with van der Waals surface area (Å²) in [5.41, 5.74) is 1.04. The van der Waals surface area contributed by atoms with E-state index in [2.05, 4.69) is 32.5 Å². The second kappa shape index (κ2) is 7.48. The van der Waals surface area contributed by atoms with Crippen molar-refractivity contribution in [1.29, 1.82) is 0 Å². The zero-order chi connectivity index (χ0) is 15.2. The standard InChI is InChI=1S/C16H19BrN2O2/c1-3-9-18-16(20)11(2)21-15-12(5-4-6-14(15)17)10-19-13-7-8-13/h1,4-6,11,13,19H,7-10H2,2H3,(H,18,20). The maximum absolute atomic E-state index is 11.8. The van der Waals surface area contributed by atoms with Crippen LogP contribution in [-0.4, -0.2) is 24.6 Å². The minimum Gasteiger partial charge on any atom is -0.479 e. The Bertz CT molecular complexity index is 550. The summed E-state index contributed by atoms with van der Waals surface area (Å²) in [6, 6.07) is 6.49. The first kappa shape index (κ1) is 15.9. The summed E-state index contributed by atoms with van der Waals surface area (Å²) >= 11 is 3.48. The summed E-state index contributed by atoms with van der Waals surface area (Å²) in [5, 5.41) is 6.07. The summed E-state index contributed by atoms with van der Waals surface area (Å²) in [6.07, 6.45) is 6.99. The molecule has 4 nitrogen and oxygen atoms in total. The zero-order valence-corrected chi connectivity index (χ0v) is 13.6. The van der Waals surface area contributed by atoms with Crippen molar-refractivity contribution >= 4 is 21.8 Å².